The Bertz CT molecular complexity index is 421. The molecule has 0 bridgehead atoms. The molecule has 1 saturated heterocycles. The normalized spacial score (nSPS) is 15.4. The molecule has 0 spiro atoms. The molecule has 2 rings (SSSR count). The zero-order valence-electron chi connectivity index (χ0n) is 12.4. The van der Waals surface area contributed by atoms with Crippen molar-refractivity contribution in [2.45, 2.75) is 26.2 Å². The van der Waals surface area contributed by atoms with Crippen molar-refractivity contribution < 1.29 is 4.74 Å². The minimum Gasteiger partial charge on any atom is -0.383 e. The van der Waals surface area contributed by atoms with Crippen molar-refractivity contribution in [1.29, 1.82) is 0 Å². The molecule has 0 aliphatic carbocycles. The Hall–Kier alpha value is -1.63. The molecule has 0 saturated carbocycles. The molecule has 1 aliphatic heterocycles. The van der Waals surface area contributed by atoms with Crippen LogP contribution >= 0.6 is 0 Å². The maximum Gasteiger partial charge on any atom is 0.232 e. The van der Waals surface area contributed by atoms with Gasteiger partial charge in [-0.05, 0) is 26.2 Å². The fraction of sp³-hybridized carbons (Fsp3) is 0.769. The largest absolute Gasteiger partial charge is 0.383 e. The summed E-state index contributed by atoms with van der Waals surface area (Å²) in [6.07, 6.45) is 3.64. The predicted octanol–water partition coefficient (Wildman–Crippen LogP) is 0.917. The lowest BCUT2D eigenvalue weighted by atomic mass is 10.1. The molecule has 2 heterocycles. The van der Waals surface area contributed by atoms with Crippen LogP contribution in [0.15, 0.2) is 0 Å². The first kappa shape index (κ1) is 14.8. The van der Waals surface area contributed by atoms with Crippen molar-refractivity contribution in [3.8, 4) is 0 Å². The summed E-state index contributed by atoms with van der Waals surface area (Å²) < 4.78 is 5.12. The van der Waals surface area contributed by atoms with Crippen LogP contribution in [0.2, 0.25) is 0 Å². The number of aromatic nitrogens is 3. The summed E-state index contributed by atoms with van der Waals surface area (Å²) in [5.74, 6) is 1.62. The predicted molar refractivity (Wildman–Crippen MR) is 80.1 cm³/mol. The van der Waals surface area contributed by atoms with Gasteiger partial charge in [-0.1, -0.05) is 0 Å². The Labute approximate surface area is 120 Å². The molecule has 0 aromatic carbocycles. The second kappa shape index (κ2) is 7.23. The van der Waals surface area contributed by atoms with Crippen molar-refractivity contribution >= 4 is 17.8 Å². The number of rotatable bonds is 6. The molecular formula is C13H24N6O. The standard InChI is InChI=1S/C13H24N6O/c1-3-18(9-10-20-2)12-15-11(14)16-13(17-12)19-7-5-4-6-8-19/h3-10H2,1-2H3,(H2,14,15,16,17). The molecule has 1 aromatic rings. The van der Waals surface area contributed by atoms with Crippen molar-refractivity contribution in [1.82, 2.24) is 15.0 Å². The monoisotopic (exact) mass is 280 g/mol. The van der Waals surface area contributed by atoms with E-state index in [1.807, 2.05) is 0 Å². The fourth-order valence-electron chi connectivity index (χ4n) is 2.35. The lowest BCUT2D eigenvalue weighted by Crippen LogP contribution is -2.33. The molecule has 20 heavy (non-hydrogen) atoms. The van der Waals surface area contributed by atoms with E-state index in [0.29, 0.717) is 18.5 Å². The second-order valence-corrected chi connectivity index (χ2v) is 4.91. The topological polar surface area (TPSA) is 80.4 Å². The van der Waals surface area contributed by atoms with Gasteiger partial charge >= 0.3 is 0 Å². The van der Waals surface area contributed by atoms with Crippen molar-refractivity contribution in [3.63, 3.8) is 0 Å². The highest BCUT2D eigenvalue weighted by atomic mass is 16.5. The maximum atomic E-state index is 5.84. The molecule has 1 aromatic heterocycles. The van der Waals surface area contributed by atoms with Crippen LogP contribution in [0.4, 0.5) is 17.8 Å². The third-order valence-corrected chi connectivity index (χ3v) is 3.50. The number of nitrogen functional groups attached to an aromatic ring is 1. The Morgan fingerprint density at radius 1 is 1.20 bits per heavy atom. The average molecular weight is 280 g/mol. The molecule has 0 unspecified atom stereocenters. The number of ether oxygens (including phenoxy) is 1. The van der Waals surface area contributed by atoms with E-state index in [4.69, 9.17) is 10.5 Å². The Kier molecular flexibility index (Phi) is 5.34. The summed E-state index contributed by atoms with van der Waals surface area (Å²) in [6.45, 7) is 6.25. The van der Waals surface area contributed by atoms with Gasteiger partial charge in [-0.2, -0.15) is 15.0 Å². The second-order valence-electron chi connectivity index (χ2n) is 4.91. The minimum absolute atomic E-state index is 0.284. The van der Waals surface area contributed by atoms with E-state index >= 15 is 0 Å². The van der Waals surface area contributed by atoms with Crippen LogP contribution in [-0.2, 0) is 4.74 Å². The van der Waals surface area contributed by atoms with Crippen LogP contribution in [0.5, 0.6) is 0 Å². The van der Waals surface area contributed by atoms with E-state index in [2.05, 4.69) is 31.7 Å². The number of likely N-dealkylation sites (N-methyl/N-ethyl adjacent to an activating group) is 1. The fourth-order valence-corrected chi connectivity index (χ4v) is 2.35. The molecule has 2 N–H and O–H groups in total. The number of nitrogens with zero attached hydrogens (tertiary/aromatic N) is 5. The first-order valence-electron chi connectivity index (χ1n) is 7.25. The van der Waals surface area contributed by atoms with Gasteiger partial charge in [-0.15, -0.1) is 0 Å². The molecule has 0 amide bonds. The summed E-state index contributed by atoms with van der Waals surface area (Å²) in [7, 11) is 1.69. The molecule has 1 fully saturated rings. The SMILES string of the molecule is CCN(CCOC)c1nc(N)nc(N2CCCCC2)n1. The van der Waals surface area contributed by atoms with Crippen LogP contribution in [0, 0.1) is 0 Å². The Morgan fingerprint density at radius 2 is 1.95 bits per heavy atom. The first-order valence-corrected chi connectivity index (χ1v) is 7.25. The molecule has 0 radical (unpaired) electrons. The van der Waals surface area contributed by atoms with Crippen molar-refractivity contribution in [2.24, 2.45) is 0 Å². The van der Waals surface area contributed by atoms with Crippen LogP contribution < -0.4 is 15.5 Å². The first-order chi connectivity index (χ1) is 9.74. The quantitative estimate of drug-likeness (QED) is 0.829. The summed E-state index contributed by atoms with van der Waals surface area (Å²) in [5, 5.41) is 0. The Morgan fingerprint density at radius 3 is 2.60 bits per heavy atom. The van der Waals surface area contributed by atoms with E-state index in [9.17, 15) is 0 Å². The summed E-state index contributed by atoms with van der Waals surface area (Å²) in [5.41, 5.74) is 5.84. The zero-order chi connectivity index (χ0) is 14.4. The summed E-state index contributed by atoms with van der Waals surface area (Å²) in [4.78, 5) is 17.3. The number of piperidine rings is 1. The number of anilines is 3. The summed E-state index contributed by atoms with van der Waals surface area (Å²) in [6, 6.07) is 0. The van der Waals surface area contributed by atoms with E-state index in [1.54, 1.807) is 7.11 Å². The smallest absolute Gasteiger partial charge is 0.232 e. The Balaban J connectivity index is 2.17. The number of methoxy groups -OCH3 is 1. The number of hydrogen-bond acceptors (Lipinski definition) is 7. The van der Waals surface area contributed by atoms with Gasteiger partial charge in [0.2, 0.25) is 17.8 Å². The van der Waals surface area contributed by atoms with E-state index < -0.39 is 0 Å². The number of nitrogens with two attached hydrogens (primary N) is 1. The molecular weight excluding hydrogens is 256 g/mol. The average Bonchev–Trinajstić information content (AvgIpc) is 2.48. The van der Waals surface area contributed by atoms with Gasteiger partial charge in [0.05, 0.1) is 6.61 Å². The van der Waals surface area contributed by atoms with Gasteiger partial charge in [0, 0.05) is 33.3 Å². The third-order valence-electron chi connectivity index (χ3n) is 3.50. The van der Waals surface area contributed by atoms with E-state index in [-0.39, 0.29) is 5.95 Å². The highest BCUT2D eigenvalue weighted by Crippen LogP contribution is 2.19. The molecule has 112 valence electrons. The van der Waals surface area contributed by atoms with E-state index in [0.717, 1.165) is 26.2 Å². The van der Waals surface area contributed by atoms with Gasteiger partial charge in [-0.3, -0.25) is 0 Å². The third kappa shape index (κ3) is 3.69. The van der Waals surface area contributed by atoms with Crippen LogP contribution in [-0.4, -0.2) is 54.8 Å². The van der Waals surface area contributed by atoms with Crippen molar-refractivity contribution in [2.75, 3.05) is 55.4 Å². The van der Waals surface area contributed by atoms with Gasteiger partial charge in [0.25, 0.3) is 0 Å². The molecule has 7 nitrogen and oxygen atoms in total. The lowest BCUT2D eigenvalue weighted by molar-refractivity contribution is 0.205. The maximum absolute atomic E-state index is 5.84. The van der Waals surface area contributed by atoms with E-state index in [1.165, 1.54) is 19.3 Å². The van der Waals surface area contributed by atoms with Crippen LogP contribution in [0.3, 0.4) is 0 Å². The molecule has 0 atom stereocenters. The molecule has 7 heteroatoms. The minimum atomic E-state index is 0.284. The van der Waals surface area contributed by atoms with Gasteiger partial charge in [0.15, 0.2) is 0 Å². The van der Waals surface area contributed by atoms with Gasteiger partial charge in [-0.25, -0.2) is 0 Å². The highest BCUT2D eigenvalue weighted by molar-refractivity contribution is 5.43. The van der Waals surface area contributed by atoms with Gasteiger partial charge < -0.3 is 20.3 Å². The van der Waals surface area contributed by atoms with Crippen molar-refractivity contribution in [3.05, 3.63) is 0 Å². The number of hydrogen-bond donors (Lipinski definition) is 1. The highest BCUT2D eigenvalue weighted by Gasteiger charge is 2.17. The zero-order valence-corrected chi connectivity index (χ0v) is 12.4. The molecule has 1 aliphatic rings. The van der Waals surface area contributed by atoms with Crippen LogP contribution in [0.25, 0.3) is 0 Å². The van der Waals surface area contributed by atoms with Crippen LogP contribution in [0.1, 0.15) is 26.2 Å². The van der Waals surface area contributed by atoms with Gasteiger partial charge in [0.1, 0.15) is 0 Å². The summed E-state index contributed by atoms with van der Waals surface area (Å²) >= 11 is 0. The lowest BCUT2D eigenvalue weighted by Gasteiger charge is -2.28.